The number of likely N-dealkylation sites (tertiary alicyclic amines) is 1. The highest BCUT2D eigenvalue weighted by Gasteiger charge is 2.39. The third kappa shape index (κ3) is 5.78. The number of carbonyl (C=O) groups is 1. The van der Waals surface area contributed by atoms with Crippen LogP contribution in [0.3, 0.4) is 0 Å². The van der Waals surface area contributed by atoms with Crippen molar-refractivity contribution in [3.63, 3.8) is 0 Å². The van der Waals surface area contributed by atoms with E-state index in [0.717, 1.165) is 41.1 Å². The Labute approximate surface area is 222 Å². The van der Waals surface area contributed by atoms with Gasteiger partial charge in [0.1, 0.15) is 18.0 Å². The molecule has 0 atom stereocenters. The largest absolute Gasteiger partial charge is 0.444 e. The van der Waals surface area contributed by atoms with E-state index in [1.165, 1.54) is 23.9 Å². The molecule has 2 fully saturated rings. The van der Waals surface area contributed by atoms with Crippen LogP contribution >= 0.6 is 15.9 Å². The number of imidazole rings is 1. The molecule has 1 saturated carbocycles. The molecule has 3 aromatic rings. The molecule has 6 nitrogen and oxygen atoms in total. The number of hydrogen-bond acceptors (Lipinski definition) is 4. The zero-order valence-corrected chi connectivity index (χ0v) is 23.1. The molecule has 192 valence electrons. The van der Waals surface area contributed by atoms with Gasteiger partial charge in [-0.25, -0.2) is 9.78 Å². The van der Waals surface area contributed by atoms with Gasteiger partial charge in [0.2, 0.25) is 0 Å². The lowest BCUT2D eigenvalue weighted by Gasteiger charge is -2.42. The van der Waals surface area contributed by atoms with E-state index in [4.69, 9.17) is 14.5 Å². The average molecular weight is 555 g/mol. The van der Waals surface area contributed by atoms with E-state index in [1.54, 1.807) is 0 Å². The zero-order chi connectivity index (χ0) is 25.3. The molecule has 1 saturated heterocycles. The van der Waals surface area contributed by atoms with Crippen LogP contribution in [0.1, 0.15) is 57.8 Å². The fourth-order valence-electron chi connectivity index (χ4n) is 5.11. The van der Waals surface area contributed by atoms with Crippen LogP contribution in [0.25, 0.3) is 11.0 Å². The predicted molar refractivity (Wildman–Crippen MR) is 145 cm³/mol. The molecule has 2 heterocycles. The molecular formula is C29H36BrN3O3. The van der Waals surface area contributed by atoms with Gasteiger partial charge in [0.15, 0.2) is 0 Å². The summed E-state index contributed by atoms with van der Waals surface area (Å²) < 4.78 is 15.5. The van der Waals surface area contributed by atoms with Crippen molar-refractivity contribution in [1.29, 1.82) is 0 Å². The van der Waals surface area contributed by atoms with Crippen LogP contribution in [0.2, 0.25) is 0 Å². The van der Waals surface area contributed by atoms with Gasteiger partial charge in [-0.1, -0.05) is 46.3 Å². The minimum absolute atomic E-state index is 0.143. The number of aromatic nitrogens is 2. The van der Waals surface area contributed by atoms with Crippen molar-refractivity contribution in [3.05, 3.63) is 64.4 Å². The first-order valence-electron chi connectivity index (χ1n) is 13.0. The van der Waals surface area contributed by atoms with Crippen LogP contribution in [0.4, 0.5) is 4.79 Å². The van der Waals surface area contributed by atoms with Gasteiger partial charge >= 0.3 is 6.09 Å². The first-order valence-corrected chi connectivity index (χ1v) is 13.8. The number of ether oxygens (including phenoxy) is 2. The molecular weight excluding hydrogens is 518 g/mol. The molecule has 36 heavy (non-hydrogen) atoms. The van der Waals surface area contributed by atoms with Crippen molar-refractivity contribution >= 4 is 33.1 Å². The first-order chi connectivity index (χ1) is 17.2. The normalized spacial score (nSPS) is 17.9. The van der Waals surface area contributed by atoms with Gasteiger partial charge in [0, 0.05) is 29.5 Å². The summed E-state index contributed by atoms with van der Waals surface area (Å²) in [6, 6.07) is 16.9. The Balaban J connectivity index is 1.31. The number of halogens is 1. The summed E-state index contributed by atoms with van der Waals surface area (Å²) in [4.78, 5) is 19.4. The van der Waals surface area contributed by atoms with Crippen LogP contribution in [-0.2, 0) is 28.0 Å². The molecule has 7 heteroatoms. The SMILES string of the molecule is CC(C)(C)OC(=O)N1CCC(COCc2nc3cc(Br)ccc3n2CC2CC2)(c2ccccc2)CC1. The Hall–Kier alpha value is -2.38. The lowest BCUT2D eigenvalue weighted by atomic mass is 9.73. The van der Waals surface area contributed by atoms with Crippen molar-refractivity contribution in [2.24, 2.45) is 5.92 Å². The van der Waals surface area contributed by atoms with E-state index in [-0.39, 0.29) is 11.5 Å². The highest BCUT2D eigenvalue weighted by Crippen LogP contribution is 2.37. The maximum atomic E-state index is 12.7. The lowest BCUT2D eigenvalue weighted by molar-refractivity contribution is 0.00242. The summed E-state index contributed by atoms with van der Waals surface area (Å²) in [5, 5.41) is 0. The number of carbonyl (C=O) groups excluding carboxylic acids is 1. The van der Waals surface area contributed by atoms with Crippen LogP contribution < -0.4 is 0 Å². The van der Waals surface area contributed by atoms with Crippen LogP contribution in [0, 0.1) is 5.92 Å². The number of amides is 1. The Morgan fingerprint density at radius 2 is 1.83 bits per heavy atom. The van der Waals surface area contributed by atoms with E-state index in [1.807, 2.05) is 31.7 Å². The first kappa shape index (κ1) is 25.3. The number of fused-ring (bicyclic) bond motifs is 1. The smallest absolute Gasteiger partial charge is 0.410 e. The van der Waals surface area contributed by atoms with Crippen molar-refractivity contribution in [3.8, 4) is 0 Å². The van der Waals surface area contributed by atoms with E-state index < -0.39 is 5.60 Å². The topological polar surface area (TPSA) is 56.6 Å². The molecule has 1 aliphatic heterocycles. The molecule has 0 unspecified atom stereocenters. The van der Waals surface area contributed by atoms with Crippen LogP contribution in [0.5, 0.6) is 0 Å². The Bertz CT molecular complexity index is 1210. The third-order valence-electron chi connectivity index (χ3n) is 7.29. The molecule has 1 aliphatic carbocycles. The molecule has 0 spiro atoms. The Morgan fingerprint density at radius 3 is 2.50 bits per heavy atom. The molecule has 0 bridgehead atoms. The number of benzene rings is 2. The third-order valence-corrected chi connectivity index (χ3v) is 7.79. The molecule has 2 aromatic carbocycles. The molecule has 1 aromatic heterocycles. The van der Waals surface area contributed by atoms with Crippen molar-refractivity contribution in [1.82, 2.24) is 14.5 Å². The van der Waals surface area contributed by atoms with E-state index in [2.05, 4.69) is 63.0 Å². The van der Waals surface area contributed by atoms with Gasteiger partial charge in [-0.2, -0.15) is 0 Å². The quantitative estimate of drug-likeness (QED) is 0.327. The second kappa shape index (κ2) is 10.2. The minimum atomic E-state index is -0.490. The van der Waals surface area contributed by atoms with E-state index in [9.17, 15) is 4.79 Å². The summed E-state index contributed by atoms with van der Waals surface area (Å²) >= 11 is 3.58. The summed E-state index contributed by atoms with van der Waals surface area (Å²) in [5.74, 6) is 1.74. The van der Waals surface area contributed by atoms with E-state index in [0.29, 0.717) is 26.3 Å². The van der Waals surface area contributed by atoms with Crippen LogP contribution in [0.15, 0.2) is 53.0 Å². The summed E-state index contributed by atoms with van der Waals surface area (Å²) in [6.07, 6.45) is 4.03. The molecule has 5 rings (SSSR count). The van der Waals surface area contributed by atoms with Gasteiger partial charge in [0.25, 0.3) is 0 Å². The van der Waals surface area contributed by atoms with Gasteiger partial charge in [-0.3, -0.25) is 0 Å². The van der Waals surface area contributed by atoms with Gasteiger partial charge in [-0.15, -0.1) is 0 Å². The summed E-state index contributed by atoms with van der Waals surface area (Å²) in [6.45, 7) is 9.11. The maximum Gasteiger partial charge on any atom is 0.410 e. The number of piperidine rings is 1. The predicted octanol–water partition coefficient (Wildman–Crippen LogP) is 6.69. The van der Waals surface area contributed by atoms with E-state index >= 15 is 0 Å². The van der Waals surface area contributed by atoms with Gasteiger partial charge in [0.05, 0.1) is 17.6 Å². The van der Waals surface area contributed by atoms with Crippen LogP contribution in [-0.4, -0.2) is 45.8 Å². The Kier molecular flexibility index (Phi) is 7.14. The van der Waals surface area contributed by atoms with Gasteiger partial charge < -0.3 is 18.9 Å². The average Bonchev–Trinajstić information content (AvgIpc) is 3.60. The maximum absolute atomic E-state index is 12.7. The number of nitrogens with zero attached hydrogens (tertiary/aromatic N) is 3. The van der Waals surface area contributed by atoms with Crippen molar-refractivity contribution in [2.45, 2.75) is 70.6 Å². The monoisotopic (exact) mass is 553 g/mol. The zero-order valence-electron chi connectivity index (χ0n) is 21.5. The molecule has 1 amide bonds. The van der Waals surface area contributed by atoms with Gasteiger partial charge in [-0.05, 0) is 76.1 Å². The molecule has 0 N–H and O–H groups in total. The molecule has 0 radical (unpaired) electrons. The Morgan fingerprint density at radius 1 is 1.11 bits per heavy atom. The molecule has 2 aliphatic rings. The van der Waals surface area contributed by atoms with Crippen molar-refractivity contribution in [2.75, 3.05) is 19.7 Å². The number of hydrogen-bond donors (Lipinski definition) is 0. The highest BCUT2D eigenvalue weighted by molar-refractivity contribution is 9.10. The summed E-state index contributed by atoms with van der Waals surface area (Å²) in [5.41, 5.74) is 2.81. The second-order valence-corrected chi connectivity index (χ2v) is 12.2. The summed E-state index contributed by atoms with van der Waals surface area (Å²) in [7, 11) is 0. The minimum Gasteiger partial charge on any atom is -0.444 e. The standard InChI is InChI=1S/C29H36BrN3O3/c1-28(2,3)36-27(34)32-15-13-29(14-16-32,22-7-5-4-6-8-22)20-35-19-26-31-24-17-23(30)11-12-25(24)33(26)18-21-9-10-21/h4-8,11-12,17,21H,9-10,13-16,18-20H2,1-3H3. The highest BCUT2D eigenvalue weighted by atomic mass is 79.9. The second-order valence-electron chi connectivity index (χ2n) is 11.3. The lowest BCUT2D eigenvalue weighted by Crippen LogP contribution is -2.48. The fraction of sp³-hybridized carbons (Fsp3) is 0.517. The van der Waals surface area contributed by atoms with Crippen molar-refractivity contribution < 1.29 is 14.3 Å². The number of rotatable bonds is 7. The fourth-order valence-corrected chi connectivity index (χ4v) is 5.46.